The number of aryl methyl sites for hydroxylation is 2. The standard InChI is InChI=1S/C16H19N3OS/c1-12-6-8-17-16(18-12)13-7-9-19(11-13)15(20)5-4-14-3-2-10-21-14/h2-3,6,8,10,13H,4-5,7,9,11H2,1H3/t13-/m0/s1. The van der Waals surface area contributed by atoms with Crippen LogP contribution in [-0.2, 0) is 11.2 Å². The number of hydrogen-bond acceptors (Lipinski definition) is 4. The number of hydrogen-bond donors (Lipinski definition) is 0. The average Bonchev–Trinajstić information content (AvgIpc) is 3.16. The number of aromatic nitrogens is 2. The van der Waals surface area contributed by atoms with Gasteiger partial charge < -0.3 is 4.90 Å². The van der Waals surface area contributed by atoms with Crippen LogP contribution in [0.2, 0.25) is 0 Å². The van der Waals surface area contributed by atoms with Gasteiger partial charge in [0.15, 0.2) is 0 Å². The van der Waals surface area contributed by atoms with E-state index < -0.39 is 0 Å². The van der Waals surface area contributed by atoms with E-state index in [0.717, 1.165) is 37.4 Å². The van der Waals surface area contributed by atoms with Gasteiger partial charge in [-0.1, -0.05) is 6.07 Å². The zero-order valence-electron chi connectivity index (χ0n) is 12.2. The third-order valence-electron chi connectivity index (χ3n) is 3.88. The summed E-state index contributed by atoms with van der Waals surface area (Å²) in [7, 11) is 0. The third-order valence-corrected chi connectivity index (χ3v) is 4.82. The Hall–Kier alpha value is -1.75. The lowest BCUT2D eigenvalue weighted by molar-refractivity contribution is -0.130. The quantitative estimate of drug-likeness (QED) is 0.872. The van der Waals surface area contributed by atoms with Crippen LogP contribution in [0, 0.1) is 6.92 Å². The SMILES string of the molecule is Cc1ccnc([C@H]2CCN(C(=O)CCc3cccs3)C2)n1. The maximum absolute atomic E-state index is 12.3. The van der Waals surface area contributed by atoms with Crippen LogP contribution in [0.4, 0.5) is 0 Å². The van der Waals surface area contributed by atoms with Gasteiger partial charge >= 0.3 is 0 Å². The number of thiophene rings is 1. The summed E-state index contributed by atoms with van der Waals surface area (Å²) in [5.74, 6) is 1.41. The number of amides is 1. The van der Waals surface area contributed by atoms with Crippen LogP contribution in [-0.4, -0.2) is 33.9 Å². The fraction of sp³-hybridized carbons (Fsp3) is 0.438. The Morgan fingerprint density at radius 1 is 1.48 bits per heavy atom. The molecule has 1 atom stereocenters. The van der Waals surface area contributed by atoms with E-state index in [1.54, 1.807) is 17.5 Å². The smallest absolute Gasteiger partial charge is 0.222 e. The highest BCUT2D eigenvalue weighted by molar-refractivity contribution is 7.09. The molecule has 110 valence electrons. The van der Waals surface area contributed by atoms with E-state index in [0.29, 0.717) is 6.42 Å². The Kier molecular flexibility index (Phi) is 4.29. The lowest BCUT2D eigenvalue weighted by atomic mass is 10.1. The molecule has 0 aliphatic carbocycles. The van der Waals surface area contributed by atoms with Gasteiger partial charge in [0.05, 0.1) is 0 Å². The molecule has 0 bridgehead atoms. The normalized spacial score (nSPS) is 18.1. The highest BCUT2D eigenvalue weighted by Gasteiger charge is 2.28. The molecular weight excluding hydrogens is 282 g/mol. The number of rotatable bonds is 4. The number of nitrogens with zero attached hydrogens (tertiary/aromatic N) is 3. The highest BCUT2D eigenvalue weighted by atomic mass is 32.1. The second kappa shape index (κ2) is 6.35. The molecule has 0 spiro atoms. The van der Waals surface area contributed by atoms with E-state index in [2.05, 4.69) is 21.4 Å². The van der Waals surface area contributed by atoms with Crippen molar-refractivity contribution in [1.29, 1.82) is 0 Å². The predicted molar refractivity (Wildman–Crippen MR) is 83.3 cm³/mol. The molecule has 2 aromatic rings. The molecule has 1 amide bonds. The lowest BCUT2D eigenvalue weighted by Crippen LogP contribution is -2.28. The van der Waals surface area contributed by atoms with E-state index in [1.165, 1.54) is 4.88 Å². The molecule has 0 radical (unpaired) electrons. The summed E-state index contributed by atoms with van der Waals surface area (Å²) in [6.45, 7) is 3.56. The molecule has 2 aromatic heterocycles. The zero-order valence-corrected chi connectivity index (χ0v) is 13.0. The fourth-order valence-electron chi connectivity index (χ4n) is 2.71. The van der Waals surface area contributed by atoms with Crippen molar-refractivity contribution in [1.82, 2.24) is 14.9 Å². The van der Waals surface area contributed by atoms with E-state index in [4.69, 9.17) is 0 Å². The minimum atomic E-state index is 0.249. The fourth-order valence-corrected chi connectivity index (χ4v) is 3.41. The minimum absolute atomic E-state index is 0.249. The van der Waals surface area contributed by atoms with Crippen molar-refractivity contribution < 1.29 is 4.79 Å². The predicted octanol–water partition coefficient (Wildman–Crippen LogP) is 2.80. The Balaban J connectivity index is 1.55. The Bertz CT molecular complexity index is 612. The van der Waals surface area contributed by atoms with Gasteiger partial charge in [-0.25, -0.2) is 9.97 Å². The van der Waals surface area contributed by atoms with Crippen LogP contribution in [0.25, 0.3) is 0 Å². The molecule has 1 saturated heterocycles. The summed E-state index contributed by atoms with van der Waals surface area (Å²) in [5.41, 5.74) is 0.988. The molecule has 0 N–H and O–H groups in total. The van der Waals surface area contributed by atoms with Gasteiger partial charge in [-0.05, 0) is 37.3 Å². The summed E-state index contributed by atoms with van der Waals surface area (Å²) in [4.78, 5) is 24.4. The van der Waals surface area contributed by atoms with E-state index in [1.807, 2.05) is 24.0 Å². The van der Waals surface area contributed by atoms with E-state index in [-0.39, 0.29) is 11.8 Å². The van der Waals surface area contributed by atoms with Crippen LogP contribution < -0.4 is 0 Å². The van der Waals surface area contributed by atoms with Crippen LogP contribution in [0.1, 0.15) is 35.2 Å². The molecule has 3 rings (SSSR count). The second-order valence-corrected chi connectivity index (χ2v) is 6.49. The highest BCUT2D eigenvalue weighted by Crippen LogP contribution is 2.25. The molecule has 1 aliphatic rings. The number of carbonyl (C=O) groups is 1. The molecular formula is C16H19N3OS. The van der Waals surface area contributed by atoms with Gasteiger partial charge in [0.2, 0.25) is 5.91 Å². The van der Waals surface area contributed by atoms with Crippen molar-refractivity contribution in [3.63, 3.8) is 0 Å². The molecule has 5 heteroatoms. The topological polar surface area (TPSA) is 46.1 Å². The maximum atomic E-state index is 12.3. The molecule has 1 aliphatic heterocycles. The van der Waals surface area contributed by atoms with Gasteiger partial charge in [0, 0.05) is 42.2 Å². The van der Waals surface area contributed by atoms with E-state index >= 15 is 0 Å². The van der Waals surface area contributed by atoms with Crippen molar-refractivity contribution in [2.45, 2.75) is 32.1 Å². The molecule has 0 unspecified atom stereocenters. The molecule has 3 heterocycles. The first-order valence-electron chi connectivity index (χ1n) is 7.32. The number of carbonyl (C=O) groups excluding carboxylic acids is 1. The molecule has 4 nitrogen and oxygen atoms in total. The van der Waals surface area contributed by atoms with Gasteiger partial charge in [0.25, 0.3) is 0 Å². The number of likely N-dealkylation sites (tertiary alicyclic amines) is 1. The largest absolute Gasteiger partial charge is 0.342 e. The van der Waals surface area contributed by atoms with Gasteiger partial charge in [-0.2, -0.15) is 0 Å². The van der Waals surface area contributed by atoms with Gasteiger partial charge in [0.1, 0.15) is 5.82 Å². The molecule has 1 fully saturated rings. The first kappa shape index (κ1) is 14.2. The second-order valence-electron chi connectivity index (χ2n) is 5.46. The molecule has 0 aromatic carbocycles. The summed E-state index contributed by atoms with van der Waals surface area (Å²) in [5, 5.41) is 2.06. The first-order chi connectivity index (χ1) is 10.2. The van der Waals surface area contributed by atoms with Crippen molar-refractivity contribution >= 4 is 17.2 Å². The summed E-state index contributed by atoms with van der Waals surface area (Å²) in [6.07, 6.45) is 4.22. The Morgan fingerprint density at radius 2 is 2.38 bits per heavy atom. The Labute approximate surface area is 128 Å². The van der Waals surface area contributed by atoms with Crippen LogP contribution in [0.15, 0.2) is 29.8 Å². The van der Waals surface area contributed by atoms with Crippen LogP contribution in [0.5, 0.6) is 0 Å². The van der Waals surface area contributed by atoms with Crippen molar-refractivity contribution in [3.8, 4) is 0 Å². The lowest BCUT2D eigenvalue weighted by Gasteiger charge is -2.16. The maximum Gasteiger partial charge on any atom is 0.222 e. The summed E-state index contributed by atoms with van der Waals surface area (Å²) < 4.78 is 0. The Morgan fingerprint density at radius 3 is 3.14 bits per heavy atom. The van der Waals surface area contributed by atoms with Gasteiger partial charge in [-0.15, -0.1) is 11.3 Å². The summed E-state index contributed by atoms with van der Waals surface area (Å²) in [6, 6.07) is 6.03. The van der Waals surface area contributed by atoms with Gasteiger partial charge in [-0.3, -0.25) is 4.79 Å². The zero-order chi connectivity index (χ0) is 14.7. The monoisotopic (exact) mass is 301 g/mol. The molecule has 21 heavy (non-hydrogen) atoms. The average molecular weight is 301 g/mol. The minimum Gasteiger partial charge on any atom is -0.342 e. The van der Waals surface area contributed by atoms with Crippen LogP contribution >= 0.6 is 11.3 Å². The summed E-state index contributed by atoms with van der Waals surface area (Å²) >= 11 is 1.72. The van der Waals surface area contributed by atoms with Crippen molar-refractivity contribution in [2.24, 2.45) is 0 Å². The molecule has 0 saturated carbocycles. The van der Waals surface area contributed by atoms with Crippen LogP contribution in [0.3, 0.4) is 0 Å². The first-order valence-corrected chi connectivity index (χ1v) is 8.20. The van der Waals surface area contributed by atoms with Crippen molar-refractivity contribution in [3.05, 3.63) is 46.2 Å². The van der Waals surface area contributed by atoms with Crippen molar-refractivity contribution in [2.75, 3.05) is 13.1 Å². The van der Waals surface area contributed by atoms with E-state index in [9.17, 15) is 4.79 Å². The third kappa shape index (κ3) is 3.47.